The van der Waals surface area contributed by atoms with Crippen LogP contribution in [0.1, 0.15) is 19.8 Å². The van der Waals surface area contributed by atoms with Gasteiger partial charge in [0.05, 0.1) is 12.1 Å². The summed E-state index contributed by atoms with van der Waals surface area (Å²) in [5.74, 6) is 0.408. The van der Waals surface area contributed by atoms with Crippen LogP contribution >= 0.6 is 11.8 Å². The molecule has 1 fully saturated rings. The number of methoxy groups -OCH3 is 1. The van der Waals surface area contributed by atoms with Gasteiger partial charge in [-0.05, 0) is 31.9 Å². The molecule has 1 unspecified atom stereocenters. The van der Waals surface area contributed by atoms with Gasteiger partial charge in [0, 0.05) is 18.0 Å². The fraction of sp³-hybridized carbons (Fsp3) is 0.538. The number of nitrogens with zero attached hydrogens (tertiary/aromatic N) is 1. The fourth-order valence-corrected chi connectivity index (χ4v) is 2.66. The number of carbonyl (C=O) groups excluding carboxylic acids is 1. The largest absolute Gasteiger partial charge is 0.468 e. The van der Waals surface area contributed by atoms with E-state index in [1.807, 2.05) is 25.1 Å². The lowest BCUT2D eigenvalue weighted by Crippen LogP contribution is -2.53. The number of pyridine rings is 1. The monoisotopic (exact) mass is 266 g/mol. The van der Waals surface area contributed by atoms with Crippen molar-refractivity contribution in [2.24, 2.45) is 0 Å². The zero-order chi connectivity index (χ0) is 13.0. The second-order valence-corrected chi connectivity index (χ2v) is 5.69. The van der Waals surface area contributed by atoms with E-state index in [2.05, 4.69) is 10.3 Å². The van der Waals surface area contributed by atoms with Crippen molar-refractivity contribution in [1.82, 2.24) is 10.3 Å². The lowest BCUT2D eigenvalue weighted by atomic mass is 10.1. The molecule has 5 heteroatoms. The van der Waals surface area contributed by atoms with E-state index in [1.165, 1.54) is 7.11 Å². The van der Waals surface area contributed by atoms with Gasteiger partial charge in [-0.2, -0.15) is 0 Å². The molecule has 1 atom stereocenters. The summed E-state index contributed by atoms with van der Waals surface area (Å²) in [5, 5.41) is 4.29. The average molecular weight is 266 g/mol. The Morgan fingerprint density at radius 2 is 2.39 bits per heavy atom. The Bertz CT molecular complexity index is 409. The molecule has 0 aromatic carbocycles. The average Bonchev–Trinajstić information content (AvgIpc) is 3.20. The Hall–Kier alpha value is -1.07. The Morgan fingerprint density at radius 3 is 2.94 bits per heavy atom. The molecule has 1 N–H and O–H groups in total. The van der Waals surface area contributed by atoms with Gasteiger partial charge in [-0.15, -0.1) is 11.8 Å². The van der Waals surface area contributed by atoms with Gasteiger partial charge in [-0.1, -0.05) is 6.07 Å². The third kappa shape index (κ3) is 3.46. The van der Waals surface area contributed by atoms with Gasteiger partial charge in [-0.3, -0.25) is 10.1 Å². The van der Waals surface area contributed by atoms with Crippen molar-refractivity contribution >= 4 is 17.7 Å². The summed E-state index contributed by atoms with van der Waals surface area (Å²) in [5.41, 5.74) is -0.641. The highest BCUT2D eigenvalue weighted by Gasteiger charge is 2.39. The summed E-state index contributed by atoms with van der Waals surface area (Å²) in [4.78, 5) is 16.1. The zero-order valence-corrected chi connectivity index (χ0v) is 11.5. The van der Waals surface area contributed by atoms with Crippen LogP contribution in [0, 0.1) is 0 Å². The first-order valence-corrected chi connectivity index (χ1v) is 7.02. The summed E-state index contributed by atoms with van der Waals surface area (Å²) in [7, 11) is 1.43. The highest BCUT2D eigenvalue weighted by atomic mass is 32.2. The van der Waals surface area contributed by atoms with Crippen molar-refractivity contribution in [3.63, 3.8) is 0 Å². The predicted octanol–water partition coefficient (Wildman–Crippen LogP) is 1.86. The molecule has 18 heavy (non-hydrogen) atoms. The van der Waals surface area contributed by atoms with E-state index in [-0.39, 0.29) is 5.97 Å². The van der Waals surface area contributed by atoms with Crippen LogP contribution in [0.15, 0.2) is 29.4 Å². The zero-order valence-electron chi connectivity index (χ0n) is 10.7. The van der Waals surface area contributed by atoms with Crippen molar-refractivity contribution in [3.8, 4) is 0 Å². The number of nitrogens with one attached hydrogen (secondary N) is 1. The van der Waals surface area contributed by atoms with Crippen molar-refractivity contribution in [3.05, 3.63) is 24.4 Å². The number of esters is 1. The van der Waals surface area contributed by atoms with Crippen LogP contribution in [0.25, 0.3) is 0 Å². The topological polar surface area (TPSA) is 51.2 Å². The number of ether oxygens (including phenoxy) is 1. The minimum atomic E-state index is -0.641. The lowest BCUT2D eigenvalue weighted by molar-refractivity contribution is -0.146. The molecule has 1 saturated carbocycles. The van der Waals surface area contributed by atoms with Crippen LogP contribution < -0.4 is 5.32 Å². The van der Waals surface area contributed by atoms with Crippen molar-refractivity contribution in [2.75, 3.05) is 12.9 Å². The van der Waals surface area contributed by atoms with Gasteiger partial charge >= 0.3 is 5.97 Å². The summed E-state index contributed by atoms with van der Waals surface area (Å²) < 4.78 is 4.90. The van der Waals surface area contributed by atoms with Crippen LogP contribution in [0.3, 0.4) is 0 Å². The maximum absolute atomic E-state index is 11.9. The van der Waals surface area contributed by atoms with Crippen molar-refractivity contribution in [1.29, 1.82) is 0 Å². The molecule has 1 aliphatic carbocycles. The number of carbonyl (C=O) groups is 1. The normalized spacial score (nSPS) is 18.1. The first-order chi connectivity index (χ1) is 8.64. The molecule has 4 nitrogen and oxygen atoms in total. The molecule has 0 saturated heterocycles. The summed E-state index contributed by atoms with van der Waals surface area (Å²) >= 11 is 1.57. The number of aromatic nitrogens is 1. The van der Waals surface area contributed by atoms with E-state index in [4.69, 9.17) is 4.74 Å². The molecule has 0 amide bonds. The molecule has 1 aliphatic rings. The molecule has 1 aromatic rings. The van der Waals surface area contributed by atoms with Crippen LogP contribution in [-0.2, 0) is 9.53 Å². The van der Waals surface area contributed by atoms with Gasteiger partial charge in [0.2, 0.25) is 0 Å². The Kier molecular flexibility index (Phi) is 4.24. The van der Waals surface area contributed by atoms with E-state index in [0.717, 1.165) is 17.9 Å². The summed E-state index contributed by atoms with van der Waals surface area (Å²) in [6.45, 7) is 1.90. The third-order valence-electron chi connectivity index (χ3n) is 2.88. The van der Waals surface area contributed by atoms with E-state index < -0.39 is 5.54 Å². The smallest absolute Gasteiger partial charge is 0.326 e. The number of rotatable bonds is 6. The van der Waals surface area contributed by atoms with Crippen molar-refractivity contribution < 1.29 is 9.53 Å². The quantitative estimate of drug-likeness (QED) is 0.629. The van der Waals surface area contributed by atoms with Gasteiger partial charge in [-0.25, -0.2) is 4.98 Å². The standard InChI is InChI=1S/C13H18N2O2S/c1-13(12(16)17-2,15-10-6-7-10)9-18-11-5-3-4-8-14-11/h3-5,8,10,15H,6-7,9H2,1-2H3. The van der Waals surface area contributed by atoms with E-state index >= 15 is 0 Å². The van der Waals surface area contributed by atoms with Crippen LogP contribution in [-0.4, -0.2) is 35.4 Å². The molecule has 0 spiro atoms. The molecule has 1 heterocycles. The molecule has 1 aromatic heterocycles. The van der Waals surface area contributed by atoms with Gasteiger partial charge < -0.3 is 4.74 Å². The second kappa shape index (κ2) is 5.71. The Morgan fingerprint density at radius 1 is 1.61 bits per heavy atom. The number of hydrogen-bond donors (Lipinski definition) is 1. The molecule has 98 valence electrons. The maximum atomic E-state index is 11.9. The van der Waals surface area contributed by atoms with Crippen LogP contribution in [0.5, 0.6) is 0 Å². The van der Waals surface area contributed by atoms with Gasteiger partial charge in [0.25, 0.3) is 0 Å². The highest BCUT2D eigenvalue weighted by molar-refractivity contribution is 7.99. The Balaban J connectivity index is 1.98. The number of hydrogen-bond acceptors (Lipinski definition) is 5. The summed E-state index contributed by atoms with van der Waals surface area (Å²) in [6.07, 6.45) is 4.04. The maximum Gasteiger partial charge on any atom is 0.326 e. The molecule has 0 bridgehead atoms. The lowest BCUT2D eigenvalue weighted by Gasteiger charge is -2.27. The molecule has 0 radical (unpaired) electrons. The fourth-order valence-electron chi connectivity index (χ4n) is 1.71. The number of thioether (sulfide) groups is 1. The highest BCUT2D eigenvalue weighted by Crippen LogP contribution is 2.27. The minimum absolute atomic E-state index is 0.210. The van der Waals surface area contributed by atoms with Crippen LogP contribution in [0.4, 0.5) is 0 Å². The van der Waals surface area contributed by atoms with Gasteiger partial charge in [0.1, 0.15) is 5.54 Å². The van der Waals surface area contributed by atoms with E-state index in [9.17, 15) is 4.79 Å². The molecule has 2 rings (SSSR count). The molecular weight excluding hydrogens is 248 g/mol. The first kappa shape index (κ1) is 13.4. The van der Waals surface area contributed by atoms with E-state index in [1.54, 1.807) is 18.0 Å². The molecule has 0 aliphatic heterocycles. The SMILES string of the molecule is COC(=O)C(C)(CSc1ccccn1)NC1CC1. The molecular formula is C13H18N2O2S. The minimum Gasteiger partial charge on any atom is -0.468 e. The van der Waals surface area contributed by atoms with E-state index in [0.29, 0.717) is 11.8 Å². The Labute approximate surface area is 112 Å². The van der Waals surface area contributed by atoms with Crippen LogP contribution in [0.2, 0.25) is 0 Å². The third-order valence-corrected chi connectivity index (χ3v) is 4.14. The first-order valence-electron chi connectivity index (χ1n) is 6.04. The predicted molar refractivity (Wildman–Crippen MR) is 71.5 cm³/mol. The van der Waals surface area contributed by atoms with Crippen molar-refractivity contribution in [2.45, 2.75) is 36.4 Å². The second-order valence-electron chi connectivity index (χ2n) is 4.70. The van der Waals surface area contributed by atoms with Gasteiger partial charge in [0.15, 0.2) is 0 Å². The summed E-state index contributed by atoms with van der Waals surface area (Å²) in [6, 6.07) is 6.23.